The molecule has 104 valence electrons. The van der Waals surface area contributed by atoms with E-state index in [4.69, 9.17) is 4.74 Å². The molecule has 1 aliphatic carbocycles. The summed E-state index contributed by atoms with van der Waals surface area (Å²) in [6.45, 7) is 4.78. The first-order valence-electron chi connectivity index (χ1n) is 6.79. The molecule has 0 bridgehead atoms. The Morgan fingerprint density at radius 2 is 2.21 bits per heavy atom. The molecular formula is C15H22N2O2. The van der Waals surface area contributed by atoms with Crippen LogP contribution in [0.3, 0.4) is 0 Å². The lowest BCUT2D eigenvalue weighted by molar-refractivity contribution is 0.237. The number of hydrogen-bond acceptors (Lipinski definition) is 2. The Kier molecular flexibility index (Phi) is 4.30. The van der Waals surface area contributed by atoms with Gasteiger partial charge in [0, 0.05) is 12.1 Å². The molecule has 1 fully saturated rings. The normalized spacial score (nSPS) is 15.7. The second-order valence-corrected chi connectivity index (χ2v) is 5.26. The van der Waals surface area contributed by atoms with Crippen molar-refractivity contribution in [2.45, 2.75) is 32.7 Å². The molecule has 1 atom stereocenters. The predicted molar refractivity (Wildman–Crippen MR) is 75.4 cm³/mol. The maximum atomic E-state index is 11.8. The minimum Gasteiger partial charge on any atom is -0.496 e. The molecule has 2 amide bonds. The monoisotopic (exact) mass is 262 g/mol. The highest BCUT2D eigenvalue weighted by Crippen LogP contribution is 2.28. The molecule has 19 heavy (non-hydrogen) atoms. The number of rotatable bonds is 5. The van der Waals surface area contributed by atoms with E-state index in [9.17, 15) is 4.79 Å². The maximum absolute atomic E-state index is 11.8. The van der Waals surface area contributed by atoms with Gasteiger partial charge in [0.2, 0.25) is 0 Å². The van der Waals surface area contributed by atoms with Crippen molar-refractivity contribution >= 4 is 6.03 Å². The largest absolute Gasteiger partial charge is 0.496 e. The van der Waals surface area contributed by atoms with E-state index in [0.29, 0.717) is 5.92 Å². The molecule has 0 aliphatic heterocycles. The first-order chi connectivity index (χ1) is 9.10. The second kappa shape index (κ2) is 5.95. The second-order valence-electron chi connectivity index (χ2n) is 5.26. The number of carbonyl (C=O) groups is 1. The van der Waals surface area contributed by atoms with E-state index in [1.807, 2.05) is 32.0 Å². The zero-order valence-electron chi connectivity index (χ0n) is 11.8. The lowest BCUT2D eigenvalue weighted by atomic mass is 10.0. The number of carbonyl (C=O) groups excluding carboxylic acids is 1. The summed E-state index contributed by atoms with van der Waals surface area (Å²) in [4.78, 5) is 11.8. The first-order valence-corrected chi connectivity index (χ1v) is 6.79. The molecule has 0 unspecified atom stereocenters. The van der Waals surface area contributed by atoms with Gasteiger partial charge in [-0.15, -0.1) is 0 Å². The van der Waals surface area contributed by atoms with Gasteiger partial charge in [0.25, 0.3) is 0 Å². The number of methoxy groups -OCH3 is 1. The maximum Gasteiger partial charge on any atom is 0.315 e. The molecule has 1 aliphatic rings. The van der Waals surface area contributed by atoms with Gasteiger partial charge in [-0.2, -0.15) is 0 Å². The molecule has 0 radical (unpaired) electrons. The van der Waals surface area contributed by atoms with Gasteiger partial charge in [-0.25, -0.2) is 4.79 Å². The van der Waals surface area contributed by atoms with Crippen molar-refractivity contribution in [3.8, 4) is 5.75 Å². The van der Waals surface area contributed by atoms with Gasteiger partial charge >= 0.3 is 6.03 Å². The van der Waals surface area contributed by atoms with Crippen LogP contribution in [-0.4, -0.2) is 19.7 Å². The minimum atomic E-state index is -0.108. The summed E-state index contributed by atoms with van der Waals surface area (Å²) in [7, 11) is 1.65. The lowest BCUT2D eigenvalue weighted by Crippen LogP contribution is -2.38. The SMILES string of the molecule is COc1ccc(C)cc1[C@@H](C)NC(=O)NCC1CC1. The minimum absolute atomic E-state index is 0.0750. The summed E-state index contributed by atoms with van der Waals surface area (Å²) < 4.78 is 5.34. The molecular weight excluding hydrogens is 240 g/mol. The summed E-state index contributed by atoms with van der Waals surface area (Å²) in [5, 5.41) is 5.86. The van der Waals surface area contributed by atoms with E-state index in [2.05, 4.69) is 10.6 Å². The van der Waals surface area contributed by atoms with Gasteiger partial charge in [-0.3, -0.25) is 0 Å². The van der Waals surface area contributed by atoms with Crippen molar-refractivity contribution in [1.29, 1.82) is 0 Å². The third-order valence-corrected chi connectivity index (χ3v) is 3.45. The number of amides is 2. The van der Waals surface area contributed by atoms with Gasteiger partial charge in [-0.05, 0) is 38.7 Å². The van der Waals surface area contributed by atoms with Gasteiger partial charge in [0.15, 0.2) is 0 Å². The summed E-state index contributed by atoms with van der Waals surface area (Å²) >= 11 is 0. The molecule has 0 saturated heterocycles. The Hall–Kier alpha value is -1.71. The average molecular weight is 262 g/mol. The third-order valence-electron chi connectivity index (χ3n) is 3.45. The van der Waals surface area contributed by atoms with Crippen LogP contribution in [0.4, 0.5) is 4.79 Å². The fourth-order valence-corrected chi connectivity index (χ4v) is 2.08. The van der Waals surface area contributed by atoms with E-state index in [-0.39, 0.29) is 12.1 Å². The molecule has 1 saturated carbocycles. The Labute approximate surface area is 114 Å². The molecule has 4 heteroatoms. The van der Waals surface area contributed by atoms with Crippen LogP contribution >= 0.6 is 0 Å². The van der Waals surface area contributed by atoms with Gasteiger partial charge < -0.3 is 15.4 Å². The van der Waals surface area contributed by atoms with Crippen molar-refractivity contribution in [2.75, 3.05) is 13.7 Å². The van der Waals surface area contributed by atoms with E-state index in [1.165, 1.54) is 12.8 Å². The average Bonchev–Trinajstić information content (AvgIpc) is 3.20. The molecule has 2 rings (SSSR count). The highest BCUT2D eigenvalue weighted by Gasteiger charge is 2.22. The molecule has 0 heterocycles. The summed E-state index contributed by atoms with van der Waals surface area (Å²) in [5.41, 5.74) is 2.16. The van der Waals surface area contributed by atoms with Crippen LogP contribution in [0.25, 0.3) is 0 Å². The number of aryl methyl sites for hydroxylation is 1. The van der Waals surface area contributed by atoms with Crippen molar-refractivity contribution in [2.24, 2.45) is 5.92 Å². The van der Waals surface area contributed by atoms with Crippen molar-refractivity contribution < 1.29 is 9.53 Å². The molecule has 0 spiro atoms. The molecule has 4 nitrogen and oxygen atoms in total. The number of nitrogens with one attached hydrogen (secondary N) is 2. The lowest BCUT2D eigenvalue weighted by Gasteiger charge is -2.18. The van der Waals surface area contributed by atoms with Crippen LogP contribution in [0.5, 0.6) is 5.75 Å². The predicted octanol–water partition coefficient (Wildman–Crippen LogP) is 2.77. The first kappa shape index (κ1) is 13.7. The van der Waals surface area contributed by atoms with Crippen molar-refractivity contribution in [3.63, 3.8) is 0 Å². The van der Waals surface area contributed by atoms with E-state index < -0.39 is 0 Å². The van der Waals surface area contributed by atoms with Crippen molar-refractivity contribution in [1.82, 2.24) is 10.6 Å². The zero-order chi connectivity index (χ0) is 13.8. The number of benzene rings is 1. The number of ether oxygens (including phenoxy) is 1. The van der Waals surface area contributed by atoms with Crippen LogP contribution < -0.4 is 15.4 Å². The Morgan fingerprint density at radius 1 is 1.47 bits per heavy atom. The smallest absolute Gasteiger partial charge is 0.315 e. The number of hydrogen-bond donors (Lipinski definition) is 2. The topological polar surface area (TPSA) is 50.4 Å². The summed E-state index contributed by atoms with van der Waals surface area (Å²) in [6, 6.07) is 5.80. The highest BCUT2D eigenvalue weighted by molar-refractivity contribution is 5.74. The third kappa shape index (κ3) is 3.88. The van der Waals surface area contributed by atoms with Crippen LogP contribution in [0.15, 0.2) is 18.2 Å². The van der Waals surface area contributed by atoms with Gasteiger partial charge in [0.1, 0.15) is 5.75 Å². The van der Waals surface area contributed by atoms with E-state index >= 15 is 0 Å². The van der Waals surface area contributed by atoms with E-state index in [1.54, 1.807) is 7.11 Å². The van der Waals surface area contributed by atoms with Crippen molar-refractivity contribution in [3.05, 3.63) is 29.3 Å². The fourth-order valence-electron chi connectivity index (χ4n) is 2.08. The highest BCUT2D eigenvalue weighted by atomic mass is 16.5. The quantitative estimate of drug-likeness (QED) is 0.857. The van der Waals surface area contributed by atoms with Crippen LogP contribution in [0.1, 0.15) is 36.9 Å². The Bertz CT molecular complexity index is 455. The Morgan fingerprint density at radius 3 is 2.84 bits per heavy atom. The van der Waals surface area contributed by atoms with Crippen LogP contribution in [0, 0.1) is 12.8 Å². The molecule has 1 aromatic rings. The van der Waals surface area contributed by atoms with Gasteiger partial charge in [-0.1, -0.05) is 17.7 Å². The zero-order valence-corrected chi connectivity index (χ0v) is 11.8. The number of urea groups is 1. The van der Waals surface area contributed by atoms with E-state index in [0.717, 1.165) is 23.4 Å². The van der Waals surface area contributed by atoms with Crippen LogP contribution in [-0.2, 0) is 0 Å². The van der Waals surface area contributed by atoms with Crippen LogP contribution in [0.2, 0.25) is 0 Å². The summed E-state index contributed by atoms with van der Waals surface area (Å²) in [6.07, 6.45) is 2.48. The standard InChI is InChI=1S/C15H22N2O2/c1-10-4-7-14(19-3)13(8-10)11(2)17-15(18)16-9-12-5-6-12/h4,7-8,11-12H,5-6,9H2,1-3H3,(H2,16,17,18)/t11-/m1/s1. The molecule has 0 aromatic heterocycles. The fraction of sp³-hybridized carbons (Fsp3) is 0.533. The Balaban J connectivity index is 1.95. The molecule has 2 N–H and O–H groups in total. The van der Waals surface area contributed by atoms with Gasteiger partial charge in [0.05, 0.1) is 13.2 Å². The summed E-state index contributed by atoms with van der Waals surface area (Å²) in [5.74, 6) is 1.50. The molecule has 1 aromatic carbocycles.